The first-order valence-electron chi connectivity index (χ1n) is 6.19. The summed E-state index contributed by atoms with van der Waals surface area (Å²) in [5.41, 5.74) is 8.89. The summed E-state index contributed by atoms with van der Waals surface area (Å²) in [4.78, 5) is 10.8. The molecular formula is C16H17NO. The van der Waals surface area contributed by atoms with Crippen molar-refractivity contribution in [3.63, 3.8) is 0 Å². The molecule has 0 atom stereocenters. The van der Waals surface area contributed by atoms with Crippen LogP contribution in [0.1, 0.15) is 18.4 Å². The highest BCUT2D eigenvalue weighted by atomic mass is 16.1. The third kappa shape index (κ3) is 3.20. The van der Waals surface area contributed by atoms with Crippen LogP contribution in [0.25, 0.3) is 11.1 Å². The van der Waals surface area contributed by atoms with Crippen LogP contribution in [-0.4, -0.2) is 5.91 Å². The maximum atomic E-state index is 10.8. The van der Waals surface area contributed by atoms with Crippen molar-refractivity contribution in [2.45, 2.75) is 19.3 Å². The Morgan fingerprint density at radius 2 is 1.61 bits per heavy atom. The quantitative estimate of drug-likeness (QED) is 0.855. The molecule has 2 N–H and O–H groups in total. The van der Waals surface area contributed by atoms with Crippen molar-refractivity contribution < 1.29 is 4.79 Å². The SMILES string of the molecule is NC(=O)CCCc1ccccc1-c1ccccc1. The fourth-order valence-corrected chi connectivity index (χ4v) is 2.09. The molecule has 0 heterocycles. The Morgan fingerprint density at radius 1 is 0.944 bits per heavy atom. The van der Waals surface area contributed by atoms with Crippen LogP contribution in [0.15, 0.2) is 54.6 Å². The van der Waals surface area contributed by atoms with E-state index in [4.69, 9.17) is 5.73 Å². The van der Waals surface area contributed by atoms with Crippen molar-refractivity contribution in [3.05, 3.63) is 60.2 Å². The number of hydrogen-bond donors (Lipinski definition) is 1. The Bertz CT molecular complexity index is 520. The van der Waals surface area contributed by atoms with Gasteiger partial charge in [0.1, 0.15) is 0 Å². The highest BCUT2D eigenvalue weighted by molar-refractivity contribution is 5.73. The first kappa shape index (κ1) is 12.4. The van der Waals surface area contributed by atoms with E-state index in [9.17, 15) is 4.79 Å². The molecular weight excluding hydrogens is 222 g/mol. The van der Waals surface area contributed by atoms with Gasteiger partial charge in [-0.05, 0) is 29.5 Å². The van der Waals surface area contributed by atoms with Gasteiger partial charge in [-0.3, -0.25) is 4.79 Å². The minimum absolute atomic E-state index is 0.229. The molecule has 2 heteroatoms. The normalized spacial score (nSPS) is 10.2. The number of amides is 1. The number of carbonyl (C=O) groups is 1. The summed E-state index contributed by atoms with van der Waals surface area (Å²) in [5, 5.41) is 0. The first-order valence-corrected chi connectivity index (χ1v) is 6.19. The summed E-state index contributed by atoms with van der Waals surface area (Å²) in [6.07, 6.45) is 2.14. The zero-order valence-corrected chi connectivity index (χ0v) is 10.3. The smallest absolute Gasteiger partial charge is 0.217 e. The average Bonchev–Trinajstić information content (AvgIpc) is 2.40. The van der Waals surface area contributed by atoms with Gasteiger partial charge in [0.2, 0.25) is 5.91 Å². The van der Waals surface area contributed by atoms with Crippen LogP contribution in [0.5, 0.6) is 0 Å². The number of benzene rings is 2. The Morgan fingerprint density at radius 3 is 2.33 bits per heavy atom. The van der Waals surface area contributed by atoms with Gasteiger partial charge < -0.3 is 5.73 Å². The van der Waals surface area contributed by atoms with E-state index < -0.39 is 0 Å². The van der Waals surface area contributed by atoms with E-state index in [1.54, 1.807) is 0 Å². The Hall–Kier alpha value is -2.09. The molecule has 0 unspecified atom stereocenters. The van der Waals surface area contributed by atoms with Crippen molar-refractivity contribution in [2.75, 3.05) is 0 Å². The van der Waals surface area contributed by atoms with Gasteiger partial charge in [-0.1, -0.05) is 54.6 Å². The second kappa shape index (κ2) is 6.01. The third-order valence-electron chi connectivity index (χ3n) is 2.97. The summed E-state index contributed by atoms with van der Waals surface area (Å²) in [7, 11) is 0. The zero-order valence-electron chi connectivity index (χ0n) is 10.3. The molecule has 0 spiro atoms. The summed E-state index contributed by atoms with van der Waals surface area (Å²) >= 11 is 0. The van der Waals surface area contributed by atoms with Crippen molar-refractivity contribution in [2.24, 2.45) is 5.73 Å². The molecule has 0 fully saturated rings. The van der Waals surface area contributed by atoms with Gasteiger partial charge in [-0.2, -0.15) is 0 Å². The number of nitrogens with two attached hydrogens (primary N) is 1. The molecule has 2 rings (SSSR count). The van der Waals surface area contributed by atoms with Gasteiger partial charge in [0.15, 0.2) is 0 Å². The molecule has 92 valence electrons. The minimum Gasteiger partial charge on any atom is -0.370 e. The monoisotopic (exact) mass is 239 g/mol. The van der Waals surface area contributed by atoms with E-state index in [2.05, 4.69) is 24.3 Å². The lowest BCUT2D eigenvalue weighted by Gasteiger charge is -2.09. The van der Waals surface area contributed by atoms with Crippen LogP contribution in [-0.2, 0) is 11.2 Å². The van der Waals surface area contributed by atoms with Gasteiger partial charge >= 0.3 is 0 Å². The van der Waals surface area contributed by atoms with Gasteiger partial charge in [0, 0.05) is 6.42 Å². The zero-order chi connectivity index (χ0) is 12.8. The molecule has 2 aromatic carbocycles. The van der Waals surface area contributed by atoms with E-state index in [-0.39, 0.29) is 5.91 Å². The van der Waals surface area contributed by atoms with Crippen molar-refractivity contribution in [3.8, 4) is 11.1 Å². The molecule has 2 aromatic rings. The standard InChI is InChI=1S/C16H17NO/c17-16(18)12-6-10-14-9-4-5-11-15(14)13-7-2-1-3-8-13/h1-5,7-9,11H,6,10,12H2,(H2,17,18). The largest absolute Gasteiger partial charge is 0.370 e. The topological polar surface area (TPSA) is 43.1 Å². The average molecular weight is 239 g/mol. The van der Waals surface area contributed by atoms with Crippen LogP contribution in [0, 0.1) is 0 Å². The number of aryl methyl sites for hydroxylation is 1. The van der Waals surface area contributed by atoms with Gasteiger partial charge in [-0.25, -0.2) is 0 Å². The predicted molar refractivity (Wildman–Crippen MR) is 74.0 cm³/mol. The van der Waals surface area contributed by atoms with Gasteiger partial charge in [0.05, 0.1) is 0 Å². The highest BCUT2D eigenvalue weighted by Gasteiger charge is 2.04. The predicted octanol–water partition coefficient (Wildman–Crippen LogP) is 3.16. The maximum absolute atomic E-state index is 10.8. The third-order valence-corrected chi connectivity index (χ3v) is 2.97. The Kier molecular flexibility index (Phi) is 4.13. The van der Waals surface area contributed by atoms with E-state index >= 15 is 0 Å². The molecule has 18 heavy (non-hydrogen) atoms. The summed E-state index contributed by atoms with van der Waals surface area (Å²) in [6.45, 7) is 0. The molecule has 0 bridgehead atoms. The number of rotatable bonds is 5. The highest BCUT2D eigenvalue weighted by Crippen LogP contribution is 2.24. The first-order chi connectivity index (χ1) is 8.77. The van der Waals surface area contributed by atoms with Crippen LogP contribution >= 0.6 is 0 Å². The molecule has 0 aliphatic rings. The lowest BCUT2D eigenvalue weighted by atomic mass is 9.96. The van der Waals surface area contributed by atoms with Crippen molar-refractivity contribution in [1.29, 1.82) is 0 Å². The number of carbonyl (C=O) groups excluding carboxylic acids is 1. The Labute approximate surface area is 107 Å². The van der Waals surface area contributed by atoms with E-state index in [0.717, 1.165) is 12.8 Å². The Balaban J connectivity index is 2.18. The molecule has 0 aromatic heterocycles. The van der Waals surface area contributed by atoms with E-state index in [1.807, 2.05) is 30.3 Å². The molecule has 0 radical (unpaired) electrons. The summed E-state index contributed by atoms with van der Waals surface area (Å²) in [6, 6.07) is 18.6. The van der Waals surface area contributed by atoms with Crippen LogP contribution < -0.4 is 5.73 Å². The van der Waals surface area contributed by atoms with Crippen LogP contribution in [0.4, 0.5) is 0 Å². The lowest BCUT2D eigenvalue weighted by molar-refractivity contribution is -0.118. The van der Waals surface area contributed by atoms with Crippen LogP contribution in [0.3, 0.4) is 0 Å². The maximum Gasteiger partial charge on any atom is 0.217 e. The minimum atomic E-state index is -0.229. The molecule has 0 aliphatic carbocycles. The number of hydrogen-bond acceptors (Lipinski definition) is 1. The lowest BCUT2D eigenvalue weighted by Crippen LogP contribution is -2.10. The van der Waals surface area contributed by atoms with Gasteiger partial charge in [-0.15, -0.1) is 0 Å². The molecule has 0 aliphatic heterocycles. The summed E-state index contributed by atoms with van der Waals surface area (Å²) in [5.74, 6) is -0.229. The number of primary amides is 1. The molecule has 1 amide bonds. The van der Waals surface area contributed by atoms with E-state index in [1.165, 1.54) is 16.7 Å². The van der Waals surface area contributed by atoms with Crippen LogP contribution in [0.2, 0.25) is 0 Å². The van der Waals surface area contributed by atoms with Gasteiger partial charge in [0.25, 0.3) is 0 Å². The van der Waals surface area contributed by atoms with E-state index in [0.29, 0.717) is 6.42 Å². The van der Waals surface area contributed by atoms with Crippen molar-refractivity contribution in [1.82, 2.24) is 0 Å². The molecule has 0 saturated heterocycles. The molecule has 2 nitrogen and oxygen atoms in total. The molecule has 0 saturated carbocycles. The fourth-order valence-electron chi connectivity index (χ4n) is 2.09. The second-order valence-electron chi connectivity index (χ2n) is 4.34. The van der Waals surface area contributed by atoms with Crippen molar-refractivity contribution >= 4 is 5.91 Å². The fraction of sp³-hybridized carbons (Fsp3) is 0.188. The summed E-state index contributed by atoms with van der Waals surface area (Å²) < 4.78 is 0. The second-order valence-corrected chi connectivity index (χ2v) is 4.34.